The Hall–Kier alpha value is -0.910. The molecule has 3 N–H and O–H groups in total. The molecule has 106 valence electrons. The van der Waals surface area contributed by atoms with Crippen molar-refractivity contribution in [2.24, 2.45) is 11.7 Å². The van der Waals surface area contributed by atoms with Crippen molar-refractivity contribution in [1.82, 2.24) is 10.2 Å². The van der Waals surface area contributed by atoms with E-state index in [9.17, 15) is 4.79 Å². The maximum absolute atomic E-state index is 11.8. The second-order valence-corrected chi connectivity index (χ2v) is 6.38. The van der Waals surface area contributed by atoms with Crippen LogP contribution in [-0.4, -0.2) is 43.0 Å². The van der Waals surface area contributed by atoms with Crippen LogP contribution in [0.4, 0.5) is 0 Å². The van der Waals surface area contributed by atoms with Gasteiger partial charge in [0.25, 0.3) is 0 Å². The molecule has 1 saturated heterocycles. The summed E-state index contributed by atoms with van der Waals surface area (Å²) in [6.07, 6.45) is 2.00. The normalized spacial score (nSPS) is 24.3. The van der Waals surface area contributed by atoms with Crippen LogP contribution >= 0.6 is 11.3 Å². The summed E-state index contributed by atoms with van der Waals surface area (Å²) in [7, 11) is 0. The van der Waals surface area contributed by atoms with Gasteiger partial charge in [-0.1, -0.05) is 13.0 Å². The third-order valence-corrected chi connectivity index (χ3v) is 4.68. The van der Waals surface area contributed by atoms with E-state index in [1.165, 1.54) is 4.88 Å². The quantitative estimate of drug-likeness (QED) is 0.849. The molecule has 2 rings (SSSR count). The number of nitrogens with zero attached hydrogens (tertiary/aromatic N) is 1. The molecular formula is C14H23N3OS. The van der Waals surface area contributed by atoms with Gasteiger partial charge in [-0.25, -0.2) is 0 Å². The number of carbonyl (C=O) groups is 1. The molecule has 1 aromatic rings. The van der Waals surface area contributed by atoms with E-state index in [4.69, 9.17) is 5.73 Å². The Bertz CT molecular complexity index is 393. The zero-order valence-corrected chi connectivity index (χ0v) is 12.3. The molecule has 1 fully saturated rings. The maximum atomic E-state index is 11.8. The van der Waals surface area contributed by atoms with Crippen molar-refractivity contribution in [3.05, 3.63) is 22.4 Å². The molecule has 2 atom stereocenters. The third kappa shape index (κ3) is 4.60. The van der Waals surface area contributed by atoms with Gasteiger partial charge in [0.05, 0.1) is 6.54 Å². The molecule has 1 amide bonds. The monoisotopic (exact) mass is 281 g/mol. The molecule has 2 unspecified atom stereocenters. The summed E-state index contributed by atoms with van der Waals surface area (Å²) in [5.74, 6) is 0.677. The van der Waals surface area contributed by atoms with Gasteiger partial charge in [0.15, 0.2) is 0 Å². The van der Waals surface area contributed by atoms with Crippen LogP contribution in [0.2, 0.25) is 0 Å². The number of nitrogens with two attached hydrogens (primary N) is 1. The number of thiophene rings is 1. The van der Waals surface area contributed by atoms with Gasteiger partial charge in [-0.2, -0.15) is 0 Å². The highest BCUT2D eigenvalue weighted by molar-refractivity contribution is 7.09. The zero-order chi connectivity index (χ0) is 13.7. The molecule has 0 aromatic carbocycles. The van der Waals surface area contributed by atoms with E-state index in [2.05, 4.69) is 28.6 Å². The first-order valence-corrected chi connectivity index (χ1v) is 7.80. The summed E-state index contributed by atoms with van der Waals surface area (Å²) in [4.78, 5) is 15.3. The molecule has 0 saturated carbocycles. The topological polar surface area (TPSA) is 58.4 Å². The highest BCUT2D eigenvalue weighted by Crippen LogP contribution is 2.14. The Balaban J connectivity index is 1.64. The molecule has 19 heavy (non-hydrogen) atoms. The van der Waals surface area contributed by atoms with E-state index in [0.29, 0.717) is 12.5 Å². The standard InChI is InChI=1S/C14H23N3OS/c1-11-5-7-17(9-13(11)15)10-14(18)16-6-4-12-3-2-8-19-12/h2-3,8,11,13H,4-7,9-10,15H2,1H3,(H,16,18). The SMILES string of the molecule is CC1CCN(CC(=O)NCCc2cccs2)CC1N. The highest BCUT2D eigenvalue weighted by atomic mass is 32.1. The largest absolute Gasteiger partial charge is 0.355 e. The number of piperidine rings is 1. The lowest BCUT2D eigenvalue weighted by Gasteiger charge is -2.34. The molecule has 1 aliphatic rings. The van der Waals surface area contributed by atoms with Gasteiger partial charge < -0.3 is 11.1 Å². The van der Waals surface area contributed by atoms with Crippen molar-refractivity contribution in [1.29, 1.82) is 0 Å². The van der Waals surface area contributed by atoms with Gasteiger partial charge in [0.1, 0.15) is 0 Å². The molecule has 0 aliphatic carbocycles. The summed E-state index contributed by atoms with van der Waals surface area (Å²) < 4.78 is 0. The molecule has 0 bridgehead atoms. The Kier molecular flexibility index (Phi) is 5.36. The molecular weight excluding hydrogens is 258 g/mol. The minimum atomic E-state index is 0.110. The summed E-state index contributed by atoms with van der Waals surface area (Å²) in [6, 6.07) is 4.34. The lowest BCUT2D eigenvalue weighted by Crippen LogP contribution is -2.50. The number of rotatable bonds is 5. The first kappa shape index (κ1) is 14.5. The number of hydrogen-bond acceptors (Lipinski definition) is 4. The maximum Gasteiger partial charge on any atom is 0.234 e. The van der Waals surface area contributed by atoms with Gasteiger partial charge >= 0.3 is 0 Å². The van der Waals surface area contributed by atoms with Gasteiger partial charge in [-0.3, -0.25) is 9.69 Å². The number of nitrogens with one attached hydrogen (secondary N) is 1. The van der Waals surface area contributed by atoms with E-state index < -0.39 is 0 Å². The number of carbonyl (C=O) groups excluding carboxylic acids is 1. The van der Waals surface area contributed by atoms with Crippen LogP contribution in [0.1, 0.15) is 18.2 Å². The van der Waals surface area contributed by atoms with E-state index in [1.54, 1.807) is 11.3 Å². The van der Waals surface area contributed by atoms with E-state index in [0.717, 1.165) is 32.5 Å². The average molecular weight is 281 g/mol. The van der Waals surface area contributed by atoms with Gasteiger partial charge in [-0.05, 0) is 36.8 Å². The third-order valence-electron chi connectivity index (χ3n) is 3.74. The fourth-order valence-electron chi connectivity index (χ4n) is 2.35. The molecule has 1 aromatic heterocycles. The summed E-state index contributed by atoms with van der Waals surface area (Å²) in [5.41, 5.74) is 6.04. The molecule has 5 heteroatoms. The Morgan fingerprint density at radius 2 is 2.47 bits per heavy atom. The number of likely N-dealkylation sites (tertiary alicyclic amines) is 1. The van der Waals surface area contributed by atoms with E-state index >= 15 is 0 Å². The fourth-order valence-corrected chi connectivity index (χ4v) is 3.06. The molecule has 0 radical (unpaired) electrons. The lowest BCUT2D eigenvalue weighted by atomic mass is 9.94. The predicted molar refractivity (Wildman–Crippen MR) is 79.2 cm³/mol. The Morgan fingerprint density at radius 3 is 3.16 bits per heavy atom. The minimum absolute atomic E-state index is 0.110. The van der Waals surface area contributed by atoms with Crippen LogP contribution < -0.4 is 11.1 Å². The summed E-state index contributed by atoms with van der Waals surface area (Å²) in [5, 5.41) is 5.04. The second kappa shape index (κ2) is 7.03. The average Bonchev–Trinajstić information content (AvgIpc) is 2.87. The number of hydrogen-bond donors (Lipinski definition) is 2. The summed E-state index contributed by atoms with van der Waals surface area (Å²) >= 11 is 1.73. The number of amides is 1. The Morgan fingerprint density at radius 1 is 1.63 bits per heavy atom. The molecule has 0 spiro atoms. The van der Waals surface area contributed by atoms with Crippen LogP contribution in [0.15, 0.2) is 17.5 Å². The smallest absolute Gasteiger partial charge is 0.234 e. The molecule has 1 aliphatic heterocycles. The summed E-state index contributed by atoms with van der Waals surface area (Å²) in [6.45, 7) is 5.19. The van der Waals surface area contributed by atoms with E-state index in [1.807, 2.05) is 6.07 Å². The van der Waals surface area contributed by atoms with Gasteiger partial charge in [0, 0.05) is 24.0 Å². The Labute approximate surface area is 119 Å². The first-order chi connectivity index (χ1) is 9.15. The van der Waals surface area contributed by atoms with Crippen molar-refractivity contribution in [3.63, 3.8) is 0 Å². The van der Waals surface area contributed by atoms with Crippen LogP contribution in [0.25, 0.3) is 0 Å². The zero-order valence-electron chi connectivity index (χ0n) is 11.5. The van der Waals surface area contributed by atoms with Crippen molar-refractivity contribution in [3.8, 4) is 0 Å². The van der Waals surface area contributed by atoms with Crippen molar-refractivity contribution in [2.75, 3.05) is 26.2 Å². The van der Waals surface area contributed by atoms with Crippen molar-refractivity contribution < 1.29 is 4.79 Å². The lowest BCUT2D eigenvalue weighted by molar-refractivity contribution is -0.122. The molecule has 2 heterocycles. The van der Waals surface area contributed by atoms with Crippen LogP contribution in [0.5, 0.6) is 0 Å². The van der Waals surface area contributed by atoms with Crippen LogP contribution in [-0.2, 0) is 11.2 Å². The highest BCUT2D eigenvalue weighted by Gasteiger charge is 2.24. The van der Waals surface area contributed by atoms with Crippen molar-refractivity contribution in [2.45, 2.75) is 25.8 Å². The van der Waals surface area contributed by atoms with Gasteiger partial charge in [0.2, 0.25) is 5.91 Å². The van der Waals surface area contributed by atoms with E-state index in [-0.39, 0.29) is 11.9 Å². The van der Waals surface area contributed by atoms with Crippen LogP contribution in [0, 0.1) is 5.92 Å². The first-order valence-electron chi connectivity index (χ1n) is 6.92. The van der Waals surface area contributed by atoms with Crippen molar-refractivity contribution >= 4 is 17.2 Å². The predicted octanol–water partition coefficient (Wildman–Crippen LogP) is 1.08. The molecule has 4 nitrogen and oxygen atoms in total. The van der Waals surface area contributed by atoms with Crippen LogP contribution in [0.3, 0.4) is 0 Å². The van der Waals surface area contributed by atoms with Gasteiger partial charge in [-0.15, -0.1) is 11.3 Å². The minimum Gasteiger partial charge on any atom is -0.355 e. The second-order valence-electron chi connectivity index (χ2n) is 5.34. The fraction of sp³-hybridized carbons (Fsp3) is 0.643.